The lowest BCUT2D eigenvalue weighted by Gasteiger charge is -2.16. The molecule has 26 heavy (non-hydrogen) atoms. The smallest absolute Gasteiger partial charge is 0.272 e. The molecule has 0 heterocycles. The van der Waals surface area contributed by atoms with E-state index in [1.165, 1.54) is 4.90 Å². The Kier molecular flexibility index (Phi) is 7.18. The topological polar surface area (TPSA) is 66.1 Å². The van der Waals surface area contributed by atoms with Crippen LogP contribution < -0.4 is 10.3 Å². The van der Waals surface area contributed by atoms with Gasteiger partial charge in [0.1, 0.15) is 12.3 Å². The molecule has 0 radical (unpaired) electrons. The molecule has 0 bridgehead atoms. The van der Waals surface area contributed by atoms with Crippen molar-refractivity contribution < 1.29 is 14.8 Å². The number of halogens is 1. The van der Waals surface area contributed by atoms with Crippen molar-refractivity contribution in [2.75, 3.05) is 13.1 Å². The first-order valence-corrected chi connectivity index (χ1v) is 9.09. The molecule has 2 aromatic carbocycles. The number of phenols is 1. The lowest BCUT2D eigenvalue weighted by atomic mass is 10.1. The van der Waals surface area contributed by atoms with Crippen molar-refractivity contribution in [1.29, 1.82) is 0 Å². The molecule has 0 atom stereocenters. The van der Waals surface area contributed by atoms with Crippen LogP contribution in [0.3, 0.4) is 0 Å². The number of rotatable bonds is 7. The van der Waals surface area contributed by atoms with Crippen molar-refractivity contribution in [2.45, 2.75) is 27.3 Å². The van der Waals surface area contributed by atoms with E-state index < -0.39 is 0 Å². The fourth-order valence-corrected chi connectivity index (χ4v) is 2.85. The molecule has 2 rings (SSSR count). The van der Waals surface area contributed by atoms with Crippen LogP contribution in [0.2, 0.25) is 5.02 Å². The Bertz CT molecular complexity index is 801. The number of aromatic hydroxyl groups is 1. The number of carbonyl (C=O) groups excluding carboxylic acids is 1. The van der Waals surface area contributed by atoms with E-state index in [2.05, 4.69) is 24.4 Å². The zero-order valence-electron chi connectivity index (χ0n) is 15.3. The molecule has 0 unspecified atom stereocenters. The van der Waals surface area contributed by atoms with Gasteiger partial charge >= 0.3 is 0 Å². The minimum Gasteiger partial charge on any atom is -0.507 e. The molecular formula is C20H25ClN3O2+. The zero-order valence-corrected chi connectivity index (χ0v) is 16.1. The van der Waals surface area contributed by atoms with Crippen LogP contribution in [-0.2, 0) is 6.54 Å². The summed E-state index contributed by atoms with van der Waals surface area (Å²) >= 11 is 6.03. The monoisotopic (exact) mass is 374 g/mol. The first kappa shape index (κ1) is 19.9. The average molecular weight is 375 g/mol. The molecule has 0 fully saturated rings. The van der Waals surface area contributed by atoms with Gasteiger partial charge in [0, 0.05) is 5.56 Å². The van der Waals surface area contributed by atoms with Crippen LogP contribution >= 0.6 is 11.6 Å². The zero-order chi connectivity index (χ0) is 19.1. The maximum Gasteiger partial charge on any atom is 0.272 e. The van der Waals surface area contributed by atoms with Gasteiger partial charge < -0.3 is 10.0 Å². The average Bonchev–Trinajstić information content (AvgIpc) is 2.65. The second kappa shape index (κ2) is 9.36. The fourth-order valence-electron chi connectivity index (χ4n) is 2.63. The third kappa shape index (κ3) is 5.07. The summed E-state index contributed by atoms with van der Waals surface area (Å²) < 4.78 is 0. The molecule has 0 aliphatic rings. The lowest BCUT2D eigenvalue weighted by molar-refractivity contribution is -0.910. The van der Waals surface area contributed by atoms with Gasteiger partial charge in [0.15, 0.2) is 0 Å². The Morgan fingerprint density at radius 1 is 1.19 bits per heavy atom. The molecule has 2 aromatic rings. The highest BCUT2D eigenvalue weighted by Gasteiger charge is 2.12. The van der Waals surface area contributed by atoms with E-state index in [0.29, 0.717) is 16.3 Å². The van der Waals surface area contributed by atoms with E-state index >= 15 is 0 Å². The van der Waals surface area contributed by atoms with Gasteiger partial charge in [0.05, 0.1) is 29.4 Å². The van der Waals surface area contributed by atoms with Gasteiger partial charge in [-0.15, -0.1) is 0 Å². The first-order chi connectivity index (χ1) is 12.5. The maximum atomic E-state index is 12.2. The number of benzene rings is 2. The number of carbonyl (C=O) groups is 1. The minimum absolute atomic E-state index is 0.279. The molecule has 0 saturated carbocycles. The van der Waals surface area contributed by atoms with Crippen LogP contribution in [0.1, 0.15) is 42.3 Å². The summed E-state index contributed by atoms with van der Waals surface area (Å²) in [4.78, 5) is 13.6. The van der Waals surface area contributed by atoms with Gasteiger partial charge in [-0.25, -0.2) is 5.43 Å². The van der Waals surface area contributed by atoms with E-state index in [0.717, 1.165) is 30.8 Å². The number of nitrogens with one attached hydrogen (secondary N) is 2. The van der Waals surface area contributed by atoms with Crippen molar-refractivity contribution in [3.8, 4) is 5.75 Å². The summed E-state index contributed by atoms with van der Waals surface area (Å²) in [5, 5.41) is 14.7. The van der Waals surface area contributed by atoms with Crippen LogP contribution in [0.4, 0.5) is 0 Å². The molecule has 5 nitrogen and oxygen atoms in total. The normalized spacial score (nSPS) is 11.7. The number of hydrazone groups is 1. The number of hydrogen-bond acceptors (Lipinski definition) is 3. The van der Waals surface area contributed by atoms with E-state index in [9.17, 15) is 9.90 Å². The summed E-state index contributed by atoms with van der Waals surface area (Å²) in [6.07, 6.45) is 0. The molecule has 0 saturated heterocycles. The largest absolute Gasteiger partial charge is 0.507 e. The van der Waals surface area contributed by atoms with E-state index in [4.69, 9.17) is 11.6 Å². The predicted octanol–water partition coefficient (Wildman–Crippen LogP) is 2.62. The highest BCUT2D eigenvalue weighted by molar-refractivity contribution is 6.33. The number of phenolic OH excluding ortho intramolecular Hbond substituents is 1. The SMILES string of the molecule is CC[NH+](CC)Cc1cc(/C(C)=N/NC(=O)c2ccccc2Cl)ccc1O. The van der Waals surface area contributed by atoms with Crippen molar-refractivity contribution in [1.82, 2.24) is 5.43 Å². The molecule has 0 spiro atoms. The van der Waals surface area contributed by atoms with Gasteiger partial charge in [0.2, 0.25) is 0 Å². The first-order valence-electron chi connectivity index (χ1n) is 8.71. The molecule has 0 aliphatic heterocycles. The standard InChI is InChI=1S/C20H24ClN3O2/c1-4-24(5-2)13-16-12-15(10-11-19(16)25)14(3)22-23-20(26)17-8-6-7-9-18(17)21/h6-12,25H,4-5,13H2,1-3H3,(H,23,26)/p+1/b22-14+. The highest BCUT2D eigenvalue weighted by Crippen LogP contribution is 2.18. The molecule has 1 amide bonds. The maximum absolute atomic E-state index is 12.2. The van der Waals surface area contributed by atoms with Crippen LogP contribution in [0, 0.1) is 0 Å². The molecule has 3 N–H and O–H groups in total. The highest BCUT2D eigenvalue weighted by atomic mass is 35.5. The Morgan fingerprint density at radius 2 is 1.88 bits per heavy atom. The predicted molar refractivity (Wildman–Crippen MR) is 105 cm³/mol. The Balaban J connectivity index is 2.16. The molecule has 6 heteroatoms. The molecule has 0 aliphatic carbocycles. The summed E-state index contributed by atoms with van der Waals surface area (Å²) in [7, 11) is 0. The lowest BCUT2D eigenvalue weighted by Crippen LogP contribution is -3.10. The summed E-state index contributed by atoms with van der Waals surface area (Å²) in [6.45, 7) is 8.77. The van der Waals surface area contributed by atoms with Gasteiger partial charge in [-0.1, -0.05) is 23.7 Å². The summed E-state index contributed by atoms with van der Waals surface area (Å²) in [6, 6.07) is 12.2. The van der Waals surface area contributed by atoms with E-state index in [1.807, 2.05) is 13.0 Å². The second-order valence-corrected chi connectivity index (χ2v) is 6.50. The van der Waals surface area contributed by atoms with Crippen LogP contribution in [0.15, 0.2) is 47.6 Å². The molecular weight excluding hydrogens is 350 g/mol. The number of quaternary nitrogens is 1. The quantitative estimate of drug-likeness (QED) is 0.515. The second-order valence-electron chi connectivity index (χ2n) is 6.10. The van der Waals surface area contributed by atoms with Crippen molar-refractivity contribution in [3.05, 3.63) is 64.2 Å². The van der Waals surface area contributed by atoms with Crippen molar-refractivity contribution >= 4 is 23.2 Å². The Labute approximate surface area is 159 Å². The van der Waals surface area contributed by atoms with Crippen LogP contribution in [-0.4, -0.2) is 29.8 Å². The van der Waals surface area contributed by atoms with E-state index in [1.54, 1.807) is 36.4 Å². The van der Waals surface area contributed by atoms with Crippen LogP contribution in [0.25, 0.3) is 0 Å². The summed E-state index contributed by atoms with van der Waals surface area (Å²) in [5.74, 6) is -0.0809. The minimum atomic E-state index is -0.360. The third-order valence-corrected chi connectivity index (χ3v) is 4.71. The van der Waals surface area contributed by atoms with E-state index in [-0.39, 0.29) is 11.7 Å². The number of amides is 1. The Morgan fingerprint density at radius 3 is 2.54 bits per heavy atom. The summed E-state index contributed by atoms with van der Waals surface area (Å²) in [5.41, 5.74) is 5.28. The van der Waals surface area contributed by atoms with Crippen LogP contribution in [0.5, 0.6) is 5.75 Å². The van der Waals surface area contributed by atoms with Gasteiger partial charge in [-0.2, -0.15) is 5.10 Å². The van der Waals surface area contributed by atoms with Gasteiger partial charge in [0.25, 0.3) is 5.91 Å². The Hall–Kier alpha value is -2.37. The van der Waals surface area contributed by atoms with Gasteiger partial charge in [-0.05, 0) is 56.7 Å². The molecule has 0 aromatic heterocycles. The van der Waals surface area contributed by atoms with Gasteiger partial charge in [-0.3, -0.25) is 4.79 Å². The number of nitrogens with zero attached hydrogens (tertiary/aromatic N) is 1. The van der Waals surface area contributed by atoms with Crippen molar-refractivity contribution in [2.24, 2.45) is 5.10 Å². The molecule has 138 valence electrons. The van der Waals surface area contributed by atoms with Crippen molar-refractivity contribution in [3.63, 3.8) is 0 Å². The third-order valence-electron chi connectivity index (χ3n) is 4.38. The number of hydrogen-bond donors (Lipinski definition) is 3. The fraction of sp³-hybridized carbons (Fsp3) is 0.300.